The van der Waals surface area contributed by atoms with E-state index in [2.05, 4.69) is 11.9 Å². The fourth-order valence-electron chi connectivity index (χ4n) is 1.62. The summed E-state index contributed by atoms with van der Waals surface area (Å²) >= 11 is 0. The van der Waals surface area contributed by atoms with Gasteiger partial charge < -0.3 is 10.1 Å². The Kier molecular flexibility index (Phi) is 5.17. The lowest BCUT2D eigenvalue weighted by atomic mass is 10.2. The van der Waals surface area contributed by atoms with E-state index in [4.69, 9.17) is 4.74 Å². The molecule has 5 nitrogen and oxygen atoms in total. The molecule has 0 heterocycles. The van der Waals surface area contributed by atoms with E-state index in [0.29, 0.717) is 18.0 Å². The van der Waals surface area contributed by atoms with Gasteiger partial charge in [0, 0.05) is 23.9 Å². The van der Waals surface area contributed by atoms with Crippen molar-refractivity contribution in [3.05, 3.63) is 41.0 Å². The zero-order valence-corrected chi connectivity index (χ0v) is 10.7. The van der Waals surface area contributed by atoms with Crippen LogP contribution in [0.3, 0.4) is 0 Å². The molecule has 1 rings (SSSR count). The van der Waals surface area contributed by atoms with Crippen molar-refractivity contribution in [2.24, 2.45) is 0 Å². The first-order valence-electron chi connectivity index (χ1n) is 5.86. The van der Waals surface area contributed by atoms with Crippen LogP contribution < -0.4 is 10.1 Å². The summed E-state index contributed by atoms with van der Waals surface area (Å²) < 4.78 is 5.31. The van der Waals surface area contributed by atoms with Gasteiger partial charge in [0.2, 0.25) is 0 Å². The lowest BCUT2D eigenvalue weighted by molar-refractivity contribution is -0.384. The smallest absolute Gasteiger partial charge is 0.275 e. The number of nitro benzene ring substituents is 1. The molecule has 0 spiro atoms. The molecule has 18 heavy (non-hydrogen) atoms. The van der Waals surface area contributed by atoms with E-state index >= 15 is 0 Å². The van der Waals surface area contributed by atoms with Gasteiger partial charge in [-0.3, -0.25) is 10.1 Å². The van der Waals surface area contributed by atoms with Crippen molar-refractivity contribution in [3.63, 3.8) is 0 Å². The van der Waals surface area contributed by atoms with Crippen LogP contribution in [0.15, 0.2) is 30.9 Å². The zero-order chi connectivity index (χ0) is 13.5. The molecule has 0 amide bonds. The van der Waals surface area contributed by atoms with Crippen molar-refractivity contribution in [1.82, 2.24) is 0 Å². The average molecular weight is 250 g/mol. The highest BCUT2D eigenvalue weighted by Gasteiger charge is 2.11. The molecule has 1 atom stereocenters. The Bertz CT molecular complexity index is 432. The molecule has 98 valence electrons. The Balaban J connectivity index is 2.95. The van der Waals surface area contributed by atoms with Gasteiger partial charge in [0.15, 0.2) is 0 Å². The zero-order valence-electron chi connectivity index (χ0n) is 10.7. The number of benzene rings is 1. The maximum absolute atomic E-state index is 10.8. The number of rotatable bonds is 7. The molecule has 1 N–H and O–H groups in total. The third-order valence-corrected chi connectivity index (χ3v) is 2.35. The first-order valence-corrected chi connectivity index (χ1v) is 5.86. The summed E-state index contributed by atoms with van der Waals surface area (Å²) in [5.41, 5.74) is 0.705. The molecule has 0 saturated carbocycles. The number of hydrogen-bond donors (Lipinski definition) is 1. The van der Waals surface area contributed by atoms with Crippen LogP contribution in [-0.2, 0) is 0 Å². The molecule has 1 unspecified atom stereocenters. The number of hydrogen-bond acceptors (Lipinski definition) is 4. The highest BCUT2D eigenvalue weighted by molar-refractivity contribution is 5.56. The highest BCUT2D eigenvalue weighted by Crippen LogP contribution is 2.26. The van der Waals surface area contributed by atoms with Crippen LogP contribution in [0, 0.1) is 10.1 Å². The molecule has 0 aromatic heterocycles. The molecular weight excluding hydrogens is 232 g/mol. The van der Waals surface area contributed by atoms with Crippen LogP contribution in [0.25, 0.3) is 0 Å². The second-order valence-corrected chi connectivity index (χ2v) is 3.98. The van der Waals surface area contributed by atoms with Crippen LogP contribution >= 0.6 is 0 Å². The van der Waals surface area contributed by atoms with Crippen molar-refractivity contribution in [2.45, 2.75) is 26.3 Å². The molecule has 5 heteroatoms. The molecular formula is C13H18N2O3. The van der Waals surface area contributed by atoms with E-state index in [1.807, 2.05) is 13.8 Å². The average Bonchev–Trinajstić information content (AvgIpc) is 2.29. The van der Waals surface area contributed by atoms with E-state index in [9.17, 15) is 10.1 Å². The number of non-ortho nitro benzene ring substituents is 1. The molecule has 0 fully saturated rings. The maximum Gasteiger partial charge on any atom is 0.275 e. The summed E-state index contributed by atoms with van der Waals surface area (Å²) in [6.07, 6.45) is 2.59. The summed E-state index contributed by atoms with van der Waals surface area (Å²) in [5, 5.41) is 14.0. The standard InChI is InChI=1S/C13H18N2O3/c1-4-6-10(3)14-11-7-12(15(16)17)9-13(8-11)18-5-2/h4,7-10,14H,1,5-6H2,2-3H3. The molecule has 1 aromatic carbocycles. The minimum absolute atomic E-state index is 0.0225. The quantitative estimate of drug-likeness (QED) is 0.458. The van der Waals surface area contributed by atoms with Crippen LogP contribution in [0.5, 0.6) is 5.75 Å². The predicted octanol–water partition coefficient (Wildman–Crippen LogP) is 3.37. The fraction of sp³-hybridized carbons (Fsp3) is 0.385. The summed E-state index contributed by atoms with van der Waals surface area (Å²) in [5.74, 6) is 0.500. The molecule has 0 saturated heterocycles. The first-order chi connectivity index (χ1) is 8.56. The van der Waals surface area contributed by atoms with Gasteiger partial charge in [-0.2, -0.15) is 0 Å². The Hall–Kier alpha value is -2.04. The molecule has 0 radical (unpaired) electrons. The molecule has 0 aliphatic rings. The van der Waals surface area contributed by atoms with Crippen LogP contribution in [0.2, 0.25) is 0 Å². The topological polar surface area (TPSA) is 64.4 Å². The van der Waals surface area contributed by atoms with Crippen molar-refractivity contribution < 1.29 is 9.66 Å². The first kappa shape index (κ1) is 14.0. The van der Waals surface area contributed by atoms with E-state index in [0.717, 1.165) is 6.42 Å². The van der Waals surface area contributed by atoms with Gasteiger partial charge in [0.1, 0.15) is 5.75 Å². The van der Waals surface area contributed by atoms with E-state index < -0.39 is 4.92 Å². The summed E-state index contributed by atoms with van der Waals surface area (Å²) in [7, 11) is 0. The highest BCUT2D eigenvalue weighted by atomic mass is 16.6. The minimum Gasteiger partial charge on any atom is -0.494 e. The second-order valence-electron chi connectivity index (χ2n) is 3.98. The number of anilines is 1. The second kappa shape index (κ2) is 6.64. The molecule has 1 aromatic rings. The van der Waals surface area contributed by atoms with Crippen molar-refractivity contribution in [1.29, 1.82) is 0 Å². The van der Waals surface area contributed by atoms with Crippen LogP contribution in [-0.4, -0.2) is 17.6 Å². The Morgan fingerprint density at radius 3 is 2.83 bits per heavy atom. The monoisotopic (exact) mass is 250 g/mol. The largest absolute Gasteiger partial charge is 0.494 e. The van der Waals surface area contributed by atoms with Gasteiger partial charge in [-0.1, -0.05) is 6.08 Å². The number of ether oxygens (including phenoxy) is 1. The Morgan fingerprint density at radius 1 is 1.56 bits per heavy atom. The van der Waals surface area contributed by atoms with Crippen molar-refractivity contribution in [3.8, 4) is 5.75 Å². The molecule has 0 aliphatic heterocycles. The van der Waals surface area contributed by atoms with Gasteiger partial charge in [0.25, 0.3) is 5.69 Å². The van der Waals surface area contributed by atoms with Gasteiger partial charge in [-0.25, -0.2) is 0 Å². The van der Waals surface area contributed by atoms with Gasteiger partial charge >= 0.3 is 0 Å². The Morgan fingerprint density at radius 2 is 2.28 bits per heavy atom. The van der Waals surface area contributed by atoms with Gasteiger partial charge in [-0.15, -0.1) is 6.58 Å². The SMILES string of the molecule is C=CCC(C)Nc1cc(OCC)cc([N+](=O)[O-])c1. The fourth-order valence-corrected chi connectivity index (χ4v) is 1.62. The Labute approximate surface area is 107 Å². The minimum atomic E-state index is -0.425. The normalized spacial score (nSPS) is 11.7. The number of nitro groups is 1. The van der Waals surface area contributed by atoms with Crippen molar-refractivity contribution >= 4 is 11.4 Å². The summed E-state index contributed by atoms with van der Waals surface area (Å²) in [4.78, 5) is 10.4. The van der Waals surface area contributed by atoms with Crippen LogP contribution in [0.1, 0.15) is 20.3 Å². The van der Waals surface area contributed by atoms with Gasteiger partial charge in [-0.05, 0) is 20.3 Å². The molecule has 0 bridgehead atoms. The summed E-state index contributed by atoms with van der Waals surface area (Å²) in [6.45, 7) is 7.96. The number of nitrogens with zero attached hydrogens (tertiary/aromatic N) is 1. The van der Waals surface area contributed by atoms with E-state index in [-0.39, 0.29) is 11.7 Å². The van der Waals surface area contributed by atoms with Crippen molar-refractivity contribution in [2.75, 3.05) is 11.9 Å². The summed E-state index contributed by atoms with van der Waals surface area (Å²) in [6, 6.07) is 4.85. The third kappa shape index (κ3) is 4.08. The van der Waals surface area contributed by atoms with E-state index in [1.165, 1.54) is 12.1 Å². The van der Waals surface area contributed by atoms with Crippen LogP contribution in [0.4, 0.5) is 11.4 Å². The van der Waals surface area contributed by atoms with E-state index in [1.54, 1.807) is 12.1 Å². The molecule has 0 aliphatic carbocycles. The predicted molar refractivity (Wildman–Crippen MR) is 72.2 cm³/mol. The third-order valence-electron chi connectivity index (χ3n) is 2.35. The number of nitrogens with one attached hydrogen (secondary N) is 1. The van der Waals surface area contributed by atoms with Gasteiger partial charge in [0.05, 0.1) is 17.6 Å². The lowest BCUT2D eigenvalue weighted by Gasteiger charge is -2.14. The lowest BCUT2D eigenvalue weighted by Crippen LogP contribution is -2.14. The maximum atomic E-state index is 10.8.